The summed E-state index contributed by atoms with van der Waals surface area (Å²) in [6, 6.07) is 7.78. The van der Waals surface area contributed by atoms with Crippen LogP contribution in [0.1, 0.15) is 35.7 Å². The van der Waals surface area contributed by atoms with Crippen LogP contribution in [-0.2, 0) is 4.74 Å². The summed E-state index contributed by atoms with van der Waals surface area (Å²) in [5.74, 6) is 0.863. The van der Waals surface area contributed by atoms with Crippen molar-refractivity contribution in [1.29, 1.82) is 0 Å². The maximum Gasteiger partial charge on any atom is 0.179 e. The number of benzene rings is 1. The van der Waals surface area contributed by atoms with Crippen LogP contribution in [-0.4, -0.2) is 43.5 Å². The maximum atomic E-state index is 12.5. The molecule has 1 atom stereocenters. The van der Waals surface area contributed by atoms with Gasteiger partial charge in [0, 0.05) is 25.3 Å². The predicted molar refractivity (Wildman–Crippen MR) is 81.1 cm³/mol. The van der Waals surface area contributed by atoms with Crippen LogP contribution in [0.15, 0.2) is 24.3 Å². The first kappa shape index (κ1) is 15.2. The van der Waals surface area contributed by atoms with Crippen molar-refractivity contribution in [2.24, 2.45) is 5.92 Å². The highest BCUT2D eigenvalue weighted by atomic mass is 16.5. The smallest absolute Gasteiger partial charge is 0.179 e. The average molecular weight is 275 g/mol. The Morgan fingerprint density at radius 2 is 1.90 bits per heavy atom. The Hall–Kier alpha value is -1.19. The van der Waals surface area contributed by atoms with Crippen molar-refractivity contribution in [3.8, 4) is 0 Å². The summed E-state index contributed by atoms with van der Waals surface area (Å²) in [6.07, 6.45) is 2.21. The average Bonchev–Trinajstić information content (AvgIpc) is 2.47. The standard InChI is InChI=1S/C17H25NO2/c1-13-4-6-16(7-5-13)17(19)14(2)18(3)12-15-8-10-20-11-9-15/h4-7,14-15H,8-12H2,1-3H3. The normalized spacial score (nSPS) is 18.2. The third-order valence-electron chi connectivity index (χ3n) is 4.26. The monoisotopic (exact) mass is 275 g/mol. The SMILES string of the molecule is Cc1ccc(C(=O)C(C)N(C)CC2CCOCC2)cc1. The van der Waals surface area contributed by atoms with Gasteiger partial charge in [0.1, 0.15) is 0 Å². The summed E-state index contributed by atoms with van der Waals surface area (Å²) < 4.78 is 5.38. The molecule has 1 aliphatic rings. The van der Waals surface area contributed by atoms with Gasteiger partial charge in [0.05, 0.1) is 6.04 Å². The highest BCUT2D eigenvalue weighted by Crippen LogP contribution is 2.18. The largest absolute Gasteiger partial charge is 0.381 e. The van der Waals surface area contributed by atoms with Crippen LogP contribution in [0.25, 0.3) is 0 Å². The molecule has 1 heterocycles. The van der Waals surface area contributed by atoms with Crippen LogP contribution < -0.4 is 0 Å². The minimum absolute atomic E-state index is 0.0689. The number of ketones is 1. The zero-order valence-corrected chi connectivity index (χ0v) is 12.8. The Morgan fingerprint density at radius 1 is 1.30 bits per heavy atom. The number of nitrogens with zero attached hydrogens (tertiary/aromatic N) is 1. The summed E-state index contributed by atoms with van der Waals surface area (Å²) in [6.45, 7) is 6.73. The zero-order chi connectivity index (χ0) is 14.5. The van der Waals surface area contributed by atoms with Crippen LogP contribution in [0, 0.1) is 12.8 Å². The second-order valence-electron chi connectivity index (χ2n) is 5.90. The molecule has 0 bridgehead atoms. The van der Waals surface area contributed by atoms with Gasteiger partial charge in [-0.25, -0.2) is 0 Å². The molecule has 0 radical (unpaired) electrons. The van der Waals surface area contributed by atoms with Crippen LogP contribution in [0.3, 0.4) is 0 Å². The Kier molecular flexibility index (Phi) is 5.32. The Morgan fingerprint density at radius 3 is 2.50 bits per heavy atom. The van der Waals surface area contributed by atoms with E-state index in [-0.39, 0.29) is 11.8 Å². The number of rotatable bonds is 5. The van der Waals surface area contributed by atoms with Gasteiger partial charge in [-0.05, 0) is 39.7 Å². The number of hydrogen-bond acceptors (Lipinski definition) is 3. The number of hydrogen-bond donors (Lipinski definition) is 0. The molecule has 1 saturated heterocycles. The second kappa shape index (κ2) is 7.00. The van der Waals surface area contributed by atoms with Crippen LogP contribution >= 0.6 is 0 Å². The molecule has 0 saturated carbocycles. The zero-order valence-electron chi connectivity index (χ0n) is 12.8. The number of carbonyl (C=O) groups is 1. The van der Waals surface area contributed by atoms with Crippen molar-refractivity contribution in [1.82, 2.24) is 4.90 Å². The fraction of sp³-hybridized carbons (Fsp3) is 0.588. The summed E-state index contributed by atoms with van der Waals surface area (Å²) in [4.78, 5) is 14.7. The number of Topliss-reactive ketones (excluding diaryl/α,β-unsaturated/α-hetero) is 1. The molecule has 20 heavy (non-hydrogen) atoms. The molecule has 0 aromatic heterocycles. The van der Waals surface area contributed by atoms with Crippen molar-refractivity contribution in [3.63, 3.8) is 0 Å². The fourth-order valence-corrected chi connectivity index (χ4v) is 2.65. The first-order valence-corrected chi connectivity index (χ1v) is 7.47. The topological polar surface area (TPSA) is 29.5 Å². The minimum Gasteiger partial charge on any atom is -0.381 e. The number of carbonyl (C=O) groups excluding carboxylic acids is 1. The highest BCUT2D eigenvalue weighted by Gasteiger charge is 2.23. The second-order valence-corrected chi connectivity index (χ2v) is 5.90. The summed E-state index contributed by atoms with van der Waals surface area (Å²) in [5.41, 5.74) is 1.99. The van der Waals surface area contributed by atoms with Crippen molar-refractivity contribution < 1.29 is 9.53 Å². The Bertz CT molecular complexity index is 435. The summed E-state index contributed by atoms with van der Waals surface area (Å²) in [7, 11) is 2.05. The van der Waals surface area contributed by atoms with Crippen LogP contribution in [0.4, 0.5) is 0 Å². The van der Waals surface area contributed by atoms with E-state index in [2.05, 4.69) is 4.90 Å². The van der Waals surface area contributed by atoms with Crippen molar-refractivity contribution >= 4 is 5.78 Å². The molecular formula is C17H25NO2. The molecular weight excluding hydrogens is 250 g/mol. The molecule has 0 amide bonds. The Labute approximate surface area is 121 Å². The molecule has 0 N–H and O–H groups in total. The number of aryl methyl sites for hydroxylation is 1. The highest BCUT2D eigenvalue weighted by molar-refractivity contribution is 5.99. The van der Waals surface area contributed by atoms with E-state index in [1.54, 1.807) is 0 Å². The van der Waals surface area contributed by atoms with Gasteiger partial charge in [-0.1, -0.05) is 29.8 Å². The Balaban J connectivity index is 1.93. The number of ether oxygens (including phenoxy) is 1. The fourth-order valence-electron chi connectivity index (χ4n) is 2.65. The van der Waals surface area contributed by atoms with E-state index < -0.39 is 0 Å². The van der Waals surface area contributed by atoms with Crippen molar-refractivity contribution in [2.45, 2.75) is 32.7 Å². The molecule has 110 valence electrons. The van der Waals surface area contributed by atoms with E-state index in [9.17, 15) is 4.79 Å². The third-order valence-corrected chi connectivity index (χ3v) is 4.26. The van der Waals surface area contributed by atoms with Crippen molar-refractivity contribution in [2.75, 3.05) is 26.8 Å². The van der Waals surface area contributed by atoms with Gasteiger partial charge in [-0.15, -0.1) is 0 Å². The van der Waals surface area contributed by atoms with Gasteiger partial charge in [0.2, 0.25) is 0 Å². The first-order chi connectivity index (χ1) is 9.58. The maximum absolute atomic E-state index is 12.5. The molecule has 1 fully saturated rings. The molecule has 3 heteroatoms. The van der Waals surface area contributed by atoms with E-state index in [1.807, 2.05) is 45.2 Å². The van der Waals surface area contributed by atoms with Crippen LogP contribution in [0.5, 0.6) is 0 Å². The van der Waals surface area contributed by atoms with Gasteiger partial charge in [0.15, 0.2) is 5.78 Å². The van der Waals surface area contributed by atoms with Gasteiger partial charge in [-0.3, -0.25) is 9.69 Å². The molecule has 2 rings (SSSR count). The predicted octanol–water partition coefficient (Wildman–Crippen LogP) is 2.92. The molecule has 0 spiro atoms. The third kappa shape index (κ3) is 3.90. The van der Waals surface area contributed by atoms with E-state index >= 15 is 0 Å². The summed E-state index contributed by atoms with van der Waals surface area (Å²) in [5, 5.41) is 0. The van der Waals surface area contributed by atoms with Gasteiger partial charge in [0.25, 0.3) is 0 Å². The van der Waals surface area contributed by atoms with E-state index in [0.717, 1.165) is 38.2 Å². The van der Waals surface area contributed by atoms with Crippen molar-refractivity contribution in [3.05, 3.63) is 35.4 Å². The lowest BCUT2D eigenvalue weighted by molar-refractivity contribution is 0.0497. The van der Waals surface area contributed by atoms with Gasteiger partial charge in [-0.2, -0.15) is 0 Å². The number of likely N-dealkylation sites (N-methyl/N-ethyl adjacent to an activating group) is 1. The minimum atomic E-state index is -0.0689. The molecule has 1 aromatic carbocycles. The van der Waals surface area contributed by atoms with E-state index in [4.69, 9.17) is 4.74 Å². The van der Waals surface area contributed by atoms with Crippen LogP contribution in [0.2, 0.25) is 0 Å². The lowest BCUT2D eigenvalue weighted by Gasteiger charge is -2.30. The molecule has 0 aliphatic carbocycles. The molecule has 1 aliphatic heterocycles. The summed E-state index contributed by atoms with van der Waals surface area (Å²) >= 11 is 0. The molecule has 1 unspecified atom stereocenters. The lowest BCUT2D eigenvalue weighted by Crippen LogP contribution is -2.40. The quantitative estimate of drug-likeness (QED) is 0.774. The van der Waals surface area contributed by atoms with Gasteiger partial charge < -0.3 is 4.74 Å². The molecule has 1 aromatic rings. The van der Waals surface area contributed by atoms with Gasteiger partial charge >= 0.3 is 0 Å². The first-order valence-electron chi connectivity index (χ1n) is 7.47. The van der Waals surface area contributed by atoms with E-state index in [1.165, 1.54) is 5.56 Å². The van der Waals surface area contributed by atoms with E-state index in [0.29, 0.717) is 5.92 Å². The lowest BCUT2D eigenvalue weighted by atomic mass is 9.97. The molecule has 3 nitrogen and oxygen atoms in total.